The molecule has 2 rings (SSSR count). The Labute approximate surface area is 75.7 Å². The van der Waals surface area contributed by atoms with E-state index in [1.165, 1.54) is 11.1 Å². The summed E-state index contributed by atoms with van der Waals surface area (Å²) >= 11 is 1.68. The fourth-order valence-corrected chi connectivity index (χ4v) is 2.15. The molecular formula is C10H10OS. The highest BCUT2D eigenvalue weighted by atomic mass is 32.1. The number of thiophene rings is 1. The van der Waals surface area contributed by atoms with Gasteiger partial charge >= 0.3 is 0 Å². The van der Waals surface area contributed by atoms with E-state index in [9.17, 15) is 4.79 Å². The maximum absolute atomic E-state index is 11.1. The SMILES string of the molecule is O=C1C=C(c2ccsc2)CCC1. The molecule has 0 bridgehead atoms. The van der Waals surface area contributed by atoms with Crippen molar-refractivity contribution in [1.29, 1.82) is 0 Å². The number of hydrogen-bond acceptors (Lipinski definition) is 2. The molecule has 1 aromatic rings. The van der Waals surface area contributed by atoms with E-state index in [0.29, 0.717) is 0 Å². The average Bonchev–Trinajstić information content (AvgIpc) is 2.56. The highest BCUT2D eigenvalue weighted by molar-refractivity contribution is 7.08. The Morgan fingerprint density at radius 2 is 2.25 bits per heavy atom. The van der Waals surface area contributed by atoms with Gasteiger partial charge < -0.3 is 0 Å². The third kappa shape index (κ3) is 1.48. The van der Waals surface area contributed by atoms with Crippen LogP contribution in [0.15, 0.2) is 22.9 Å². The van der Waals surface area contributed by atoms with Crippen molar-refractivity contribution in [3.8, 4) is 0 Å². The van der Waals surface area contributed by atoms with Gasteiger partial charge in [-0.2, -0.15) is 11.3 Å². The molecule has 1 aliphatic carbocycles. The number of ketones is 1. The molecule has 0 spiro atoms. The summed E-state index contributed by atoms with van der Waals surface area (Å²) in [7, 11) is 0. The van der Waals surface area contributed by atoms with E-state index in [1.807, 2.05) is 0 Å². The van der Waals surface area contributed by atoms with Gasteiger partial charge in [0.25, 0.3) is 0 Å². The molecule has 0 aliphatic heterocycles. The molecule has 2 heteroatoms. The van der Waals surface area contributed by atoms with Crippen molar-refractivity contribution < 1.29 is 4.79 Å². The van der Waals surface area contributed by atoms with Crippen molar-refractivity contribution >= 4 is 22.7 Å². The van der Waals surface area contributed by atoms with Crippen LogP contribution >= 0.6 is 11.3 Å². The summed E-state index contributed by atoms with van der Waals surface area (Å²) in [5.41, 5.74) is 2.44. The van der Waals surface area contributed by atoms with E-state index in [1.54, 1.807) is 17.4 Å². The molecule has 0 N–H and O–H groups in total. The van der Waals surface area contributed by atoms with Crippen LogP contribution in [0.2, 0.25) is 0 Å². The van der Waals surface area contributed by atoms with Gasteiger partial charge in [-0.3, -0.25) is 4.79 Å². The Kier molecular flexibility index (Phi) is 2.09. The number of hydrogen-bond donors (Lipinski definition) is 0. The minimum atomic E-state index is 0.280. The van der Waals surface area contributed by atoms with Crippen LogP contribution in [-0.4, -0.2) is 5.78 Å². The van der Waals surface area contributed by atoms with E-state index >= 15 is 0 Å². The maximum Gasteiger partial charge on any atom is 0.155 e. The molecule has 0 amide bonds. The molecule has 0 fully saturated rings. The van der Waals surface area contributed by atoms with Crippen LogP contribution in [-0.2, 0) is 4.79 Å². The molecule has 0 aromatic carbocycles. The Bertz CT molecular complexity index is 309. The van der Waals surface area contributed by atoms with Crippen LogP contribution in [0.4, 0.5) is 0 Å². The summed E-state index contributed by atoms with van der Waals surface area (Å²) in [4.78, 5) is 11.1. The second-order valence-electron chi connectivity index (χ2n) is 3.00. The van der Waals surface area contributed by atoms with Crippen molar-refractivity contribution in [3.05, 3.63) is 28.5 Å². The zero-order valence-corrected chi connectivity index (χ0v) is 7.56. The van der Waals surface area contributed by atoms with E-state index in [0.717, 1.165) is 19.3 Å². The summed E-state index contributed by atoms with van der Waals surface area (Å²) in [5, 5.41) is 4.15. The minimum absolute atomic E-state index is 0.280. The van der Waals surface area contributed by atoms with Gasteiger partial charge in [0.2, 0.25) is 0 Å². The van der Waals surface area contributed by atoms with Gasteiger partial charge in [-0.25, -0.2) is 0 Å². The quantitative estimate of drug-likeness (QED) is 0.646. The molecule has 1 nitrogen and oxygen atoms in total. The van der Waals surface area contributed by atoms with Crippen LogP contribution in [0.5, 0.6) is 0 Å². The first-order valence-corrected chi connectivity index (χ1v) is 5.06. The van der Waals surface area contributed by atoms with Gasteiger partial charge in [-0.1, -0.05) is 0 Å². The zero-order chi connectivity index (χ0) is 8.39. The molecule has 0 radical (unpaired) electrons. The number of carbonyl (C=O) groups excluding carboxylic acids is 1. The smallest absolute Gasteiger partial charge is 0.155 e. The second-order valence-corrected chi connectivity index (χ2v) is 3.78. The van der Waals surface area contributed by atoms with Gasteiger partial charge in [0.15, 0.2) is 5.78 Å². The molecule has 12 heavy (non-hydrogen) atoms. The van der Waals surface area contributed by atoms with Crippen molar-refractivity contribution in [2.75, 3.05) is 0 Å². The first-order chi connectivity index (χ1) is 5.86. The lowest BCUT2D eigenvalue weighted by molar-refractivity contribution is -0.114. The first-order valence-electron chi connectivity index (χ1n) is 4.12. The molecule has 1 aliphatic rings. The molecule has 0 unspecified atom stereocenters. The van der Waals surface area contributed by atoms with Gasteiger partial charge in [-0.05, 0) is 46.9 Å². The van der Waals surface area contributed by atoms with Crippen LogP contribution in [0.3, 0.4) is 0 Å². The monoisotopic (exact) mass is 178 g/mol. The Balaban J connectivity index is 2.29. The fourth-order valence-electron chi connectivity index (χ4n) is 1.47. The summed E-state index contributed by atoms with van der Waals surface area (Å²) < 4.78 is 0. The maximum atomic E-state index is 11.1. The molecule has 62 valence electrons. The molecule has 1 aromatic heterocycles. The second kappa shape index (κ2) is 3.23. The van der Waals surface area contributed by atoms with Crippen LogP contribution < -0.4 is 0 Å². The standard InChI is InChI=1S/C10H10OS/c11-10-3-1-2-8(6-10)9-4-5-12-7-9/h4-7H,1-3H2. The number of carbonyl (C=O) groups is 1. The van der Waals surface area contributed by atoms with Crippen molar-refractivity contribution in [2.45, 2.75) is 19.3 Å². The first kappa shape index (κ1) is 7.74. The van der Waals surface area contributed by atoms with Crippen molar-refractivity contribution in [2.24, 2.45) is 0 Å². The average molecular weight is 178 g/mol. The van der Waals surface area contributed by atoms with E-state index < -0.39 is 0 Å². The van der Waals surface area contributed by atoms with Gasteiger partial charge in [0.1, 0.15) is 0 Å². The highest BCUT2D eigenvalue weighted by Crippen LogP contribution is 2.26. The predicted octanol–water partition coefficient (Wildman–Crippen LogP) is 2.88. The molecular weight excluding hydrogens is 168 g/mol. The summed E-state index contributed by atoms with van der Waals surface area (Å²) in [6.45, 7) is 0. The lowest BCUT2D eigenvalue weighted by Crippen LogP contribution is -2.01. The summed E-state index contributed by atoms with van der Waals surface area (Å²) in [5.74, 6) is 0.280. The van der Waals surface area contributed by atoms with Gasteiger partial charge in [0, 0.05) is 6.42 Å². The molecule has 0 saturated carbocycles. The lowest BCUT2D eigenvalue weighted by Gasteiger charge is -2.09. The van der Waals surface area contributed by atoms with Crippen molar-refractivity contribution in [1.82, 2.24) is 0 Å². The Hall–Kier alpha value is -0.890. The third-order valence-electron chi connectivity index (χ3n) is 2.10. The van der Waals surface area contributed by atoms with Crippen LogP contribution in [0.25, 0.3) is 5.57 Å². The molecule has 0 atom stereocenters. The lowest BCUT2D eigenvalue weighted by atomic mass is 9.95. The number of allylic oxidation sites excluding steroid dienone is 2. The van der Waals surface area contributed by atoms with Crippen LogP contribution in [0.1, 0.15) is 24.8 Å². The molecule has 0 saturated heterocycles. The number of rotatable bonds is 1. The third-order valence-corrected chi connectivity index (χ3v) is 2.78. The van der Waals surface area contributed by atoms with Crippen molar-refractivity contribution in [3.63, 3.8) is 0 Å². The molecule has 1 heterocycles. The van der Waals surface area contributed by atoms with E-state index in [-0.39, 0.29) is 5.78 Å². The zero-order valence-electron chi connectivity index (χ0n) is 6.75. The Morgan fingerprint density at radius 1 is 1.33 bits per heavy atom. The predicted molar refractivity (Wildman–Crippen MR) is 51.2 cm³/mol. The minimum Gasteiger partial charge on any atom is -0.295 e. The summed E-state index contributed by atoms with van der Waals surface area (Å²) in [6.07, 6.45) is 4.60. The largest absolute Gasteiger partial charge is 0.295 e. The van der Waals surface area contributed by atoms with Gasteiger partial charge in [0.05, 0.1) is 0 Å². The van der Waals surface area contributed by atoms with E-state index in [4.69, 9.17) is 0 Å². The summed E-state index contributed by atoms with van der Waals surface area (Å²) in [6, 6.07) is 2.08. The Morgan fingerprint density at radius 3 is 2.92 bits per heavy atom. The normalized spacial score (nSPS) is 17.7. The van der Waals surface area contributed by atoms with Crippen LogP contribution in [0, 0.1) is 0 Å². The highest BCUT2D eigenvalue weighted by Gasteiger charge is 2.10. The topological polar surface area (TPSA) is 17.1 Å². The fraction of sp³-hybridized carbons (Fsp3) is 0.300. The van der Waals surface area contributed by atoms with E-state index in [2.05, 4.69) is 16.8 Å². The van der Waals surface area contributed by atoms with Gasteiger partial charge in [-0.15, -0.1) is 0 Å².